The Balaban J connectivity index is 2.36. The lowest BCUT2D eigenvalue weighted by molar-refractivity contribution is -0.123. The van der Waals surface area contributed by atoms with E-state index in [-0.39, 0.29) is 30.1 Å². The fourth-order valence-electron chi connectivity index (χ4n) is 1.43. The summed E-state index contributed by atoms with van der Waals surface area (Å²) in [7, 11) is 0. The number of rotatable bonds is 5. The third-order valence-electron chi connectivity index (χ3n) is 2.82. The maximum atomic E-state index is 11.6. The van der Waals surface area contributed by atoms with E-state index < -0.39 is 0 Å². The van der Waals surface area contributed by atoms with Crippen LogP contribution in [0.15, 0.2) is 5.16 Å². The number of oxime groups is 1. The lowest BCUT2D eigenvalue weighted by Crippen LogP contribution is -2.40. The van der Waals surface area contributed by atoms with Crippen molar-refractivity contribution < 1.29 is 14.4 Å². The van der Waals surface area contributed by atoms with E-state index in [1.54, 1.807) is 0 Å². The Bertz CT molecular complexity index is 312. The fourth-order valence-corrected chi connectivity index (χ4v) is 1.43. The van der Waals surface area contributed by atoms with Crippen molar-refractivity contribution in [2.24, 2.45) is 11.1 Å². The van der Waals surface area contributed by atoms with E-state index in [0.29, 0.717) is 13.0 Å². The highest BCUT2D eigenvalue weighted by atomic mass is 16.6. The summed E-state index contributed by atoms with van der Waals surface area (Å²) >= 11 is 0. The molecule has 1 aliphatic heterocycles. The van der Waals surface area contributed by atoms with Crippen molar-refractivity contribution >= 4 is 17.4 Å². The first kappa shape index (κ1) is 12.7. The minimum absolute atomic E-state index is 0.0781. The lowest BCUT2D eigenvalue weighted by atomic mass is 9.99. The van der Waals surface area contributed by atoms with Gasteiger partial charge in [0.15, 0.2) is 0 Å². The molecule has 5 heteroatoms. The number of carbonyl (C=O) groups is 2. The van der Waals surface area contributed by atoms with Crippen LogP contribution in [0, 0.1) is 5.92 Å². The molecule has 0 aliphatic carbocycles. The Hall–Kier alpha value is -1.39. The molecule has 1 aliphatic rings. The molecule has 1 rings (SSSR count). The number of ketones is 1. The first-order valence-electron chi connectivity index (χ1n) is 5.48. The van der Waals surface area contributed by atoms with Crippen LogP contribution in [0.1, 0.15) is 33.6 Å². The van der Waals surface area contributed by atoms with Crippen LogP contribution < -0.4 is 5.32 Å². The van der Waals surface area contributed by atoms with Gasteiger partial charge in [-0.25, -0.2) is 0 Å². The van der Waals surface area contributed by atoms with Crippen molar-refractivity contribution in [3.05, 3.63) is 0 Å². The molecular weight excluding hydrogens is 208 g/mol. The van der Waals surface area contributed by atoms with Gasteiger partial charge in [-0.05, 0) is 13.8 Å². The minimum Gasteiger partial charge on any atom is -0.395 e. The first-order chi connectivity index (χ1) is 7.50. The summed E-state index contributed by atoms with van der Waals surface area (Å²) in [6.07, 6.45) is 0.971. The molecule has 0 radical (unpaired) electrons. The van der Waals surface area contributed by atoms with E-state index in [9.17, 15) is 9.59 Å². The highest BCUT2D eigenvalue weighted by molar-refractivity contribution is 6.01. The second kappa shape index (κ2) is 5.63. The second-order valence-electron chi connectivity index (χ2n) is 4.17. The van der Waals surface area contributed by atoms with Crippen LogP contribution >= 0.6 is 0 Å². The van der Waals surface area contributed by atoms with E-state index in [4.69, 9.17) is 4.84 Å². The molecule has 0 fully saturated rings. The van der Waals surface area contributed by atoms with Gasteiger partial charge in [-0.2, -0.15) is 0 Å². The molecule has 0 spiro atoms. The summed E-state index contributed by atoms with van der Waals surface area (Å²) in [5.41, 5.74) is 0.764. The summed E-state index contributed by atoms with van der Waals surface area (Å²) in [6.45, 7) is 5.73. The monoisotopic (exact) mass is 226 g/mol. The van der Waals surface area contributed by atoms with Crippen molar-refractivity contribution in [2.45, 2.75) is 39.7 Å². The van der Waals surface area contributed by atoms with E-state index in [1.807, 2.05) is 13.8 Å². The standard InChI is InChI=1S/C11H18N2O3/c1-7(9(3)14)8(2)12-11(15)6-10-4-5-16-13-10/h7-8H,4-6H2,1-3H3,(H,12,15). The quantitative estimate of drug-likeness (QED) is 0.756. The predicted octanol–water partition coefficient (Wildman–Crippen LogP) is 0.883. The van der Waals surface area contributed by atoms with Crippen molar-refractivity contribution in [3.63, 3.8) is 0 Å². The van der Waals surface area contributed by atoms with Crippen molar-refractivity contribution in [1.82, 2.24) is 5.32 Å². The lowest BCUT2D eigenvalue weighted by Gasteiger charge is -2.18. The summed E-state index contributed by atoms with van der Waals surface area (Å²) in [6, 6.07) is -0.145. The zero-order valence-electron chi connectivity index (χ0n) is 9.95. The molecule has 1 amide bonds. The molecule has 1 N–H and O–H groups in total. The fraction of sp³-hybridized carbons (Fsp3) is 0.727. The SMILES string of the molecule is CC(=O)C(C)C(C)NC(=O)CC1=NOCC1. The van der Waals surface area contributed by atoms with Crippen molar-refractivity contribution in [3.8, 4) is 0 Å². The summed E-state index contributed by atoms with van der Waals surface area (Å²) in [5.74, 6) is -0.190. The largest absolute Gasteiger partial charge is 0.395 e. The van der Waals surface area contributed by atoms with Gasteiger partial charge in [0, 0.05) is 18.4 Å². The molecule has 90 valence electrons. The Morgan fingerprint density at radius 3 is 2.69 bits per heavy atom. The van der Waals surface area contributed by atoms with Gasteiger partial charge < -0.3 is 10.2 Å². The highest BCUT2D eigenvalue weighted by Gasteiger charge is 2.20. The molecular formula is C11H18N2O3. The Morgan fingerprint density at radius 1 is 1.50 bits per heavy atom. The first-order valence-corrected chi connectivity index (χ1v) is 5.48. The van der Waals surface area contributed by atoms with Crippen LogP contribution in [0.3, 0.4) is 0 Å². The molecule has 16 heavy (non-hydrogen) atoms. The van der Waals surface area contributed by atoms with Crippen LogP contribution in [-0.2, 0) is 14.4 Å². The van der Waals surface area contributed by atoms with Crippen LogP contribution in [0.4, 0.5) is 0 Å². The van der Waals surface area contributed by atoms with Crippen LogP contribution in [-0.4, -0.2) is 30.1 Å². The number of nitrogens with one attached hydrogen (secondary N) is 1. The smallest absolute Gasteiger partial charge is 0.226 e. The van der Waals surface area contributed by atoms with E-state index >= 15 is 0 Å². The Kier molecular flexibility index (Phi) is 4.46. The van der Waals surface area contributed by atoms with Gasteiger partial charge in [-0.15, -0.1) is 0 Å². The summed E-state index contributed by atoms with van der Waals surface area (Å²) < 4.78 is 0. The molecule has 0 aromatic carbocycles. The molecule has 0 bridgehead atoms. The van der Waals surface area contributed by atoms with Gasteiger partial charge >= 0.3 is 0 Å². The predicted molar refractivity (Wildman–Crippen MR) is 60.1 cm³/mol. The van der Waals surface area contributed by atoms with Crippen LogP contribution in [0.5, 0.6) is 0 Å². The summed E-state index contributed by atoms with van der Waals surface area (Å²) in [5, 5.41) is 6.54. The number of hydrogen-bond donors (Lipinski definition) is 1. The average Bonchev–Trinajstić information content (AvgIpc) is 2.68. The molecule has 1 heterocycles. The number of carbonyl (C=O) groups excluding carboxylic acids is 2. The van der Waals surface area contributed by atoms with Gasteiger partial charge in [0.1, 0.15) is 12.4 Å². The van der Waals surface area contributed by atoms with Crippen molar-refractivity contribution in [1.29, 1.82) is 0 Å². The molecule has 5 nitrogen and oxygen atoms in total. The third-order valence-corrected chi connectivity index (χ3v) is 2.82. The van der Waals surface area contributed by atoms with E-state index in [0.717, 1.165) is 5.71 Å². The van der Waals surface area contributed by atoms with E-state index in [1.165, 1.54) is 6.92 Å². The molecule has 2 atom stereocenters. The molecule has 0 saturated carbocycles. The number of nitrogens with zero attached hydrogens (tertiary/aromatic N) is 1. The average molecular weight is 226 g/mol. The number of hydrogen-bond acceptors (Lipinski definition) is 4. The molecule has 0 aromatic heterocycles. The highest BCUT2D eigenvalue weighted by Crippen LogP contribution is 2.06. The van der Waals surface area contributed by atoms with Gasteiger partial charge in [0.2, 0.25) is 5.91 Å². The van der Waals surface area contributed by atoms with Crippen molar-refractivity contribution in [2.75, 3.05) is 6.61 Å². The topological polar surface area (TPSA) is 67.8 Å². The van der Waals surface area contributed by atoms with Crippen LogP contribution in [0.2, 0.25) is 0 Å². The maximum Gasteiger partial charge on any atom is 0.226 e. The normalized spacial score (nSPS) is 18.3. The zero-order valence-corrected chi connectivity index (χ0v) is 9.95. The molecule has 0 saturated heterocycles. The van der Waals surface area contributed by atoms with Gasteiger partial charge in [0.25, 0.3) is 0 Å². The molecule has 2 unspecified atom stereocenters. The number of amides is 1. The van der Waals surface area contributed by atoms with Crippen LogP contribution in [0.25, 0.3) is 0 Å². The number of Topliss-reactive ketones (excluding diaryl/α,β-unsaturated/α-hetero) is 1. The third kappa shape index (κ3) is 3.64. The zero-order chi connectivity index (χ0) is 12.1. The van der Waals surface area contributed by atoms with E-state index in [2.05, 4.69) is 10.5 Å². The summed E-state index contributed by atoms with van der Waals surface area (Å²) in [4.78, 5) is 27.5. The Labute approximate surface area is 95.2 Å². The minimum atomic E-state index is -0.161. The molecule has 0 aromatic rings. The Morgan fingerprint density at radius 2 is 2.19 bits per heavy atom. The second-order valence-corrected chi connectivity index (χ2v) is 4.17. The van der Waals surface area contributed by atoms with Gasteiger partial charge in [-0.3, -0.25) is 9.59 Å². The maximum absolute atomic E-state index is 11.6. The van der Waals surface area contributed by atoms with Gasteiger partial charge in [0.05, 0.1) is 12.1 Å². The van der Waals surface area contributed by atoms with Gasteiger partial charge in [-0.1, -0.05) is 12.1 Å².